The van der Waals surface area contributed by atoms with Gasteiger partial charge >= 0.3 is 0 Å². The SMILES string of the molecule is CCn1cc(CNC2CCCC2SC)cn1. The summed E-state index contributed by atoms with van der Waals surface area (Å²) in [5.41, 5.74) is 1.30. The van der Waals surface area contributed by atoms with Crippen LogP contribution >= 0.6 is 11.8 Å². The molecule has 1 N–H and O–H groups in total. The number of hydrogen-bond donors (Lipinski definition) is 1. The van der Waals surface area contributed by atoms with Gasteiger partial charge in [0, 0.05) is 36.1 Å². The van der Waals surface area contributed by atoms with Crippen LogP contribution in [0.5, 0.6) is 0 Å². The van der Waals surface area contributed by atoms with Crippen molar-refractivity contribution in [3.05, 3.63) is 18.0 Å². The molecular formula is C12H21N3S. The van der Waals surface area contributed by atoms with Crippen LogP contribution in [0.2, 0.25) is 0 Å². The second kappa shape index (κ2) is 5.73. The molecule has 0 aliphatic heterocycles. The van der Waals surface area contributed by atoms with E-state index < -0.39 is 0 Å². The first kappa shape index (κ1) is 12.0. The van der Waals surface area contributed by atoms with Gasteiger partial charge in [-0.1, -0.05) is 6.42 Å². The van der Waals surface area contributed by atoms with Crippen molar-refractivity contribution >= 4 is 11.8 Å². The first-order valence-electron chi connectivity index (χ1n) is 6.11. The summed E-state index contributed by atoms with van der Waals surface area (Å²) in [7, 11) is 0. The van der Waals surface area contributed by atoms with Gasteiger partial charge in [0.1, 0.15) is 0 Å². The van der Waals surface area contributed by atoms with Gasteiger partial charge in [0.25, 0.3) is 0 Å². The van der Waals surface area contributed by atoms with Crippen molar-refractivity contribution in [2.75, 3.05) is 6.26 Å². The molecule has 16 heavy (non-hydrogen) atoms. The van der Waals surface area contributed by atoms with Gasteiger partial charge < -0.3 is 5.32 Å². The van der Waals surface area contributed by atoms with E-state index in [0.717, 1.165) is 18.3 Å². The van der Waals surface area contributed by atoms with Gasteiger partial charge in [0.05, 0.1) is 6.20 Å². The van der Waals surface area contributed by atoms with Crippen LogP contribution in [0.4, 0.5) is 0 Å². The van der Waals surface area contributed by atoms with Crippen molar-refractivity contribution in [2.24, 2.45) is 0 Å². The largest absolute Gasteiger partial charge is 0.309 e. The molecule has 0 aromatic carbocycles. The summed E-state index contributed by atoms with van der Waals surface area (Å²) in [6.45, 7) is 4.03. The lowest BCUT2D eigenvalue weighted by Crippen LogP contribution is -2.33. The number of rotatable bonds is 5. The number of aromatic nitrogens is 2. The zero-order valence-corrected chi connectivity index (χ0v) is 11.0. The Hall–Kier alpha value is -0.480. The van der Waals surface area contributed by atoms with E-state index >= 15 is 0 Å². The van der Waals surface area contributed by atoms with Crippen LogP contribution in [0, 0.1) is 0 Å². The third-order valence-electron chi connectivity index (χ3n) is 3.33. The third-order valence-corrected chi connectivity index (χ3v) is 4.50. The third kappa shape index (κ3) is 2.80. The Morgan fingerprint density at radius 2 is 2.44 bits per heavy atom. The smallest absolute Gasteiger partial charge is 0.0534 e. The van der Waals surface area contributed by atoms with E-state index in [-0.39, 0.29) is 0 Å². The molecular weight excluding hydrogens is 218 g/mol. The van der Waals surface area contributed by atoms with Gasteiger partial charge in [-0.25, -0.2) is 0 Å². The number of thioether (sulfide) groups is 1. The molecule has 1 aliphatic rings. The second-order valence-electron chi connectivity index (χ2n) is 4.40. The molecule has 2 rings (SSSR count). The van der Waals surface area contributed by atoms with E-state index in [9.17, 15) is 0 Å². The highest BCUT2D eigenvalue weighted by atomic mass is 32.2. The minimum absolute atomic E-state index is 0.694. The van der Waals surface area contributed by atoms with E-state index in [1.54, 1.807) is 0 Å². The van der Waals surface area contributed by atoms with Crippen LogP contribution in [0.15, 0.2) is 12.4 Å². The Morgan fingerprint density at radius 3 is 3.12 bits per heavy atom. The van der Waals surface area contributed by atoms with Crippen molar-refractivity contribution in [1.82, 2.24) is 15.1 Å². The van der Waals surface area contributed by atoms with E-state index in [1.807, 2.05) is 22.6 Å². The van der Waals surface area contributed by atoms with E-state index in [4.69, 9.17) is 0 Å². The fraction of sp³-hybridized carbons (Fsp3) is 0.750. The molecule has 0 bridgehead atoms. The summed E-state index contributed by atoms with van der Waals surface area (Å²) < 4.78 is 1.98. The average Bonchev–Trinajstić information content (AvgIpc) is 2.94. The highest BCUT2D eigenvalue weighted by molar-refractivity contribution is 7.99. The molecule has 1 aromatic rings. The molecule has 1 heterocycles. The monoisotopic (exact) mass is 239 g/mol. The second-order valence-corrected chi connectivity index (χ2v) is 5.47. The topological polar surface area (TPSA) is 29.9 Å². The summed E-state index contributed by atoms with van der Waals surface area (Å²) in [6, 6.07) is 0.694. The summed E-state index contributed by atoms with van der Waals surface area (Å²) >= 11 is 2.00. The first-order valence-corrected chi connectivity index (χ1v) is 7.39. The Morgan fingerprint density at radius 1 is 1.56 bits per heavy atom. The highest BCUT2D eigenvalue weighted by Gasteiger charge is 2.25. The molecule has 0 spiro atoms. The number of nitrogens with zero attached hydrogens (tertiary/aromatic N) is 2. The molecule has 90 valence electrons. The van der Waals surface area contributed by atoms with Gasteiger partial charge in [-0.05, 0) is 26.0 Å². The predicted octanol–water partition coefficient (Wildman–Crippen LogP) is 2.28. The average molecular weight is 239 g/mol. The quantitative estimate of drug-likeness (QED) is 0.855. The highest BCUT2D eigenvalue weighted by Crippen LogP contribution is 2.28. The van der Waals surface area contributed by atoms with Crippen molar-refractivity contribution in [2.45, 2.75) is 50.6 Å². The summed E-state index contributed by atoms with van der Waals surface area (Å²) in [4.78, 5) is 0. The maximum atomic E-state index is 4.29. The predicted molar refractivity (Wildman–Crippen MR) is 69.7 cm³/mol. The van der Waals surface area contributed by atoms with Crippen molar-refractivity contribution in [3.8, 4) is 0 Å². The Balaban J connectivity index is 1.82. The lowest BCUT2D eigenvalue weighted by atomic mass is 10.2. The maximum Gasteiger partial charge on any atom is 0.0534 e. The van der Waals surface area contributed by atoms with Crippen LogP contribution in [-0.2, 0) is 13.1 Å². The zero-order chi connectivity index (χ0) is 11.4. The summed E-state index contributed by atoms with van der Waals surface area (Å²) in [5.74, 6) is 0. The molecule has 2 atom stereocenters. The first-order chi connectivity index (χ1) is 7.83. The van der Waals surface area contributed by atoms with Crippen molar-refractivity contribution in [1.29, 1.82) is 0 Å². The molecule has 3 nitrogen and oxygen atoms in total. The molecule has 4 heteroatoms. The lowest BCUT2D eigenvalue weighted by molar-refractivity contribution is 0.532. The minimum atomic E-state index is 0.694. The summed E-state index contributed by atoms with van der Waals surface area (Å²) in [6.07, 6.45) is 10.4. The number of nitrogens with one attached hydrogen (secondary N) is 1. The fourth-order valence-electron chi connectivity index (χ4n) is 2.36. The molecule has 2 unspecified atom stereocenters. The van der Waals surface area contributed by atoms with Gasteiger partial charge in [-0.3, -0.25) is 4.68 Å². The van der Waals surface area contributed by atoms with Crippen LogP contribution in [0.3, 0.4) is 0 Å². The van der Waals surface area contributed by atoms with Gasteiger partial charge in [0.15, 0.2) is 0 Å². The minimum Gasteiger partial charge on any atom is -0.309 e. The summed E-state index contributed by atoms with van der Waals surface area (Å²) in [5, 5.41) is 8.76. The fourth-order valence-corrected chi connectivity index (χ4v) is 3.32. The van der Waals surface area contributed by atoms with Gasteiger partial charge in [-0.15, -0.1) is 0 Å². The van der Waals surface area contributed by atoms with Crippen LogP contribution < -0.4 is 5.32 Å². The molecule has 0 amide bonds. The zero-order valence-electron chi connectivity index (χ0n) is 10.1. The van der Waals surface area contributed by atoms with Crippen LogP contribution in [-0.4, -0.2) is 27.3 Å². The normalized spacial score (nSPS) is 25.1. The van der Waals surface area contributed by atoms with Crippen molar-refractivity contribution in [3.63, 3.8) is 0 Å². The molecule has 1 fully saturated rings. The molecule has 0 saturated heterocycles. The van der Waals surface area contributed by atoms with Crippen LogP contribution in [0.1, 0.15) is 31.7 Å². The molecule has 0 radical (unpaired) electrons. The van der Waals surface area contributed by atoms with Gasteiger partial charge in [0.2, 0.25) is 0 Å². The van der Waals surface area contributed by atoms with E-state index in [1.165, 1.54) is 24.8 Å². The van der Waals surface area contributed by atoms with Crippen LogP contribution in [0.25, 0.3) is 0 Å². The standard InChI is InChI=1S/C12H21N3S/c1-3-15-9-10(8-14-15)7-13-11-5-4-6-12(11)16-2/h8-9,11-13H,3-7H2,1-2H3. The molecule has 1 saturated carbocycles. The Kier molecular flexibility index (Phi) is 4.29. The Bertz CT molecular complexity index is 324. The lowest BCUT2D eigenvalue weighted by Gasteiger charge is -2.18. The number of aryl methyl sites for hydroxylation is 1. The van der Waals surface area contributed by atoms with E-state index in [2.05, 4.69) is 29.8 Å². The van der Waals surface area contributed by atoms with E-state index in [0.29, 0.717) is 6.04 Å². The van der Waals surface area contributed by atoms with Gasteiger partial charge in [-0.2, -0.15) is 16.9 Å². The van der Waals surface area contributed by atoms with Crippen molar-refractivity contribution < 1.29 is 0 Å². The number of hydrogen-bond acceptors (Lipinski definition) is 3. The maximum absolute atomic E-state index is 4.29. The molecule has 1 aromatic heterocycles. The molecule has 1 aliphatic carbocycles. The Labute approximate surface area is 102 Å².